The second-order valence-corrected chi connectivity index (χ2v) is 8.76. The fraction of sp³-hybridized carbons (Fsp3) is 0.542. The van der Waals surface area contributed by atoms with Crippen LogP contribution in [0.15, 0.2) is 34.7 Å². The van der Waals surface area contributed by atoms with Crippen molar-refractivity contribution in [3.63, 3.8) is 0 Å². The zero-order valence-electron chi connectivity index (χ0n) is 18.7. The summed E-state index contributed by atoms with van der Waals surface area (Å²) in [6.45, 7) is 8.40. The highest BCUT2D eigenvalue weighted by molar-refractivity contribution is 5.93. The molecule has 2 aromatic rings. The Balaban J connectivity index is 1.67. The maximum Gasteiger partial charge on any atom is 0.289 e. The van der Waals surface area contributed by atoms with Crippen LogP contribution in [0.4, 0.5) is 4.39 Å². The summed E-state index contributed by atoms with van der Waals surface area (Å²) < 4.78 is 19.8. The van der Waals surface area contributed by atoms with Crippen LogP contribution in [0.3, 0.4) is 0 Å². The number of furan rings is 1. The Bertz CT molecular complexity index is 849. The molecule has 5 nitrogen and oxygen atoms in total. The topological polar surface area (TPSA) is 39.9 Å². The first-order valence-corrected chi connectivity index (χ1v) is 10.8. The van der Waals surface area contributed by atoms with Gasteiger partial charge in [-0.05, 0) is 65.4 Å². The summed E-state index contributed by atoms with van der Waals surface area (Å²) in [4.78, 5) is 19.6. The highest BCUT2D eigenvalue weighted by atomic mass is 19.1. The van der Waals surface area contributed by atoms with Gasteiger partial charge in [0.25, 0.3) is 5.91 Å². The van der Waals surface area contributed by atoms with Crippen molar-refractivity contribution in [2.45, 2.75) is 33.2 Å². The van der Waals surface area contributed by atoms with Gasteiger partial charge in [0, 0.05) is 43.9 Å². The van der Waals surface area contributed by atoms with Gasteiger partial charge in [0.15, 0.2) is 5.76 Å². The van der Waals surface area contributed by atoms with Crippen molar-refractivity contribution in [1.29, 1.82) is 0 Å². The van der Waals surface area contributed by atoms with Crippen molar-refractivity contribution in [1.82, 2.24) is 14.7 Å². The van der Waals surface area contributed by atoms with Crippen molar-refractivity contribution >= 4 is 5.91 Å². The van der Waals surface area contributed by atoms with Gasteiger partial charge in [-0.2, -0.15) is 0 Å². The van der Waals surface area contributed by atoms with Gasteiger partial charge in [-0.25, -0.2) is 4.39 Å². The Labute approximate surface area is 179 Å². The lowest BCUT2D eigenvalue weighted by molar-refractivity contribution is 0.0627. The van der Waals surface area contributed by atoms with Crippen LogP contribution in [0.25, 0.3) is 0 Å². The SMILES string of the molecule is Cc1cc(C)c(C(=O)N(CCN(C)C)C[C@H]2CCCN(Cc3ccccc3F)C2)o1. The number of carbonyl (C=O) groups is 1. The molecule has 0 aliphatic carbocycles. The van der Waals surface area contributed by atoms with E-state index >= 15 is 0 Å². The molecule has 1 atom stereocenters. The first-order chi connectivity index (χ1) is 14.3. The third kappa shape index (κ3) is 5.92. The molecule has 0 unspecified atom stereocenters. The van der Waals surface area contributed by atoms with Crippen molar-refractivity contribution in [2.24, 2.45) is 5.92 Å². The normalized spacial score (nSPS) is 17.5. The maximum absolute atomic E-state index is 14.1. The summed E-state index contributed by atoms with van der Waals surface area (Å²) in [7, 11) is 4.03. The minimum atomic E-state index is -0.147. The number of hydrogen-bond donors (Lipinski definition) is 0. The Hall–Kier alpha value is -2.18. The third-order valence-corrected chi connectivity index (χ3v) is 5.77. The van der Waals surface area contributed by atoms with Gasteiger partial charge in [0.1, 0.15) is 11.6 Å². The molecule has 1 amide bonds. The monoisotopic (exact) mass is 415 g/mol. The van der Waals surface area contributed by atoms with Gasteiger partial charge in [0.05, 0.1) is 0 Å². The van der Waals surface area contributed by atoms with E-state index in [1.54, 1.807) is 6.07 Å². The number of rotatable bonds is 8. The number of hydrogen-bond acceptors (Lipinski definition) is 4. The number of likely N-dealkylation sites (tertiary alicyclic amines) is 1. The van der Waals surface area contributed by atoms with Gasteiger partial charge < -0.3 is 14.2 Å². The number of likely N-dealkylation sites (N-methyl/N-ethyl adjacent to an activating group) is 1. The standard InChI is InChI=1S/C24H34FN3O2/c1-18-14-19(2)30-23(18)24(29)28(13-12-26(3)4)16-20-8-7-11-27(15-20)17-21-9-5-6-10-22(21)25/h5-6,9-10,14,20H,7-8,11-13,15-17H2,1-4H3/t20-/m0/s1. The van der Waals surface area contributed by atoms with E-state index in [1.807, 2.05) is 51.0 Å². The van der Waals surface area contributed by atoms with Crippen molar-refractivity contribution in [3.05, 3.63) is 58.8 Å². The second kappa shape index (κ2) is 10.2. The van der Waals surface area contributed by atoms with Gasteiger partial charge in [-0.3, -0.25) is 9.69 Å². The molecule has 1 aromatic carbocycles. The minimum Gasteiger partial charge on any atom is -0.456 e. The third-order valence-electron chi connectivity index (χ3n) is 5.77. The number of halogens is 1. The summed E-state index contributed by atoms with van der Waals surface area (Å²) in [6.07, 6.45) is 2.14. The Morgan fingerprint density at radius 3 is 2.67 bits per heavy atom. The van der Waals surface area contributed by atoms with E-state index in [9.17, 15) is 9.18 Å². The van der Waals surface area contributed by atoms with Crippen molar-refractivity contribution in [3.8, 4) is 0 Å². The molecule has 0 bridgehead atoms. The minimum absolute atomic E-state index is 0.0336. The van der Waals surface area contributed by atoms with Crippen LogP contribution in [0, 0.1) is 25.6 Å². The smallest absolute Gasteiger partial charge is 0.289 e. The average molecular weight is 416 g/mol. The number of benzene rings is 1. The molecule has 1 aliphatic heterocycles. The molecule has 6 heteroatoms. The summed E-state index contributed by atoms with van der Waals surface area (Å²) in [5.74, 6) is 1.40. The predicted molar refractivity (Wildman–Crippen MR) is 117 cm³/mol. The van der Waals surface area contributed by atoms with Crippen molar-refractivity contribution in [2.75, 3.05) is 46.8 Å². The lowest BCUT2D eigenvalue weighted by Crippen LogP contribution is -2.44. The van der Waals surface area contributed by atoms with E-state index < -0.39 is 0 Å². The molecule has 30 heavy (non-hydrogen) atoms. The molecule has 2 heterocycles. The lowest BCUT2D eigenvalue weighted by atomic mass is 9.96. The van der Waals surface area contributed by atoms with Crippen LogP contribution < -0.4 is 0 Å². The largest absolute Gasteiger partial charge is 0.456 e. The summed E-state index contributed by atoms with van der Waals surface area (Å²) in [5.41, 5.74) is 1.62. The zero-order chi connectivity index (χ0) is 21.7. The van der Waals surface area contributed by atoms with Crippen LogP contribution in [-0.2, 0) is 6.54 Å². The molecule has 1 fully saturated rings. The first-order valence-electron chi connectivity index (χ1n) is 10.8. The number of amides is 1. The quantitative estimate of drug-likeness (QED) is 0.655. The van der Waals surface area contributed by atoms with Crippen LogP contribution >= 0.6 is 0 Å². The fourth-order valence-electron chi connectivity index (χ4n) is 4.22. The number of aryl methyl sites for hydroxylation is 2. The molecule has 1 saturated heterocycles. The van der Waals surface area contributed by atoms with E-state index in [-0.39, 0.29) is 11.7 Å². The highest BCUT2D eigenvalue weighted by Gasteiger charge is 2.27. The maximum atomic E-state index is 14.1. The van der Waals surface area contributed by atoms with Crippen LogP contribution in [0.1, 0.15) is 40.3 Å². The lowest BCUT2D eigenvalue weighted by Gasteiger charge is -2.36. The van der Waals surface area contributed by atoms with E-state index in [0.29, 0.717) is 31.3 Å². The molecule has 1 aromatic heterocycles. The molecule has 0 spiro atoms. The Kier molecular flexibility index (Phi) is 7.67. The van der Waals surface area contributed by atoms with E-state index in [1.165, 1.54) is 6.07 Å². The van der Waals surface area contributed by atoms with Gasteiger partial charge in [0.2, 0.25) is 0 Å². The summed E-state index contributed by atoms with van der Waals surface area (Å²) >= 11 is 0. The molecule has 0 N–H and O–H groups in total. The number of carbonyl (C=O) groups excluding carboxylic acids is 1. The summed E-state index contributed by atoms with van der Waals surface area (Å²) in [6, 6.07) is 8.90. The molecular formula is C24H34FN3O2. The average Bonchev–Trinajstić information content (AvgIpc) is 3.04. The summed E-state index contributed by atoms with van der Waals surface area (Å²) in [5, 5.41) is 0. The molecule has 164 valence electrons. The Morgan fingerprint density at radius 2 is 2.00 bits per heavy atom. The predicted octanol–water partition coefficient (Wildman–Crippen LogP) is 3.95. The molecular weight excluding hydrogens is 381 g/mol. The van der Waals surface area contributed by atoms with E-state index in [4.69, 9.17) is 4.42 Å². The first kappa shape index (κ1) is 22.5. The molecule has 3 rings (SSSR count). The van der Waals surface area contributed by atoms with Crippen LogP contribution in [-0.4, -0.2) is 67.4 Å². The van der Waals surface area contributed by atoms with Gasteiger partial charge in [-0.1, -0.05) is 18.2 Å². The molecule has 0 saturated carbocycles. The zero-order valence-corrected chi connectivity index (χ0v) is 18.7. The fourth-order valence-corrected chi connectivity index (χ4v) is 4.22. The molecule has 0 radical (unpaired) electrons. The molecule has 1 aliphatic rings. The highest BCUT2D eigenvalue weighted by Crippen LogP contribution is 2.23. The van der Waals surface area contributed by atoms with Crippen molar-refractivity contribution < 1.29 is 13.6 Å². The van der Waals surface area contributed by atoms with Crippen LogP contribution in [0.2, 0.25) is 0 Å². The second-order valence-electron chi connectivity index (χ2n) is 8.76. The van der Waals surface area contributed by atoms with Gasteiger partial charge >= 0.3 is 0 Å². The Morgan fingerprint density at radius 1 is 1.23 bits per heavy atom. The van der Waals surface area contributed by atoms with E-state index in [0.717, 1.165) is 49.4 Å². The van der Waals surface area contributed by atoms with E-state index in [2.05, 4.69) is 9.80 Å². The number of nitrogens with zero attached hydrogens (tertiary/aromatic N) is 3. The van der Waals surface area contributed by atoms with Gasteiger partial charge in [-0.15, -0.1) is 0 Å². The van der Waals surface area contributed by atoms with Crippen LogP contribution in [0.5, 0.6) is 0 Å². The number of piperidine rings is 1.